The first-order valence-electron chi connectivity index (χ1n) is 6.72. The van der Waals surface area contributed by atoms with Gasteiger partial charge in [0.1, 0.15) is 5.82 Å². The van der Waals surface area contributed by atoms with Gasteiger partial charge in [0.15, 0.2) is 0 Å². The van der Waals surface area contributed by atoms with Gasteiger partial charge in [0.05, 0.1) is 0 Å². The highest BCUT2D eigenvalue weighted by molar-refractivity contribution is 5.90. The molecule has 0 unspecified atom stereocenters. The second-order valence-corrected chi connectivity index (χ2v) is 4.96. The molecule has 2 rings (SSSR count). The minimum absolute atomic E-state index is 0.0542. The van der Waals surface area contributed by atoms with Crippen molar-refractivity contribution < 1.29 is 9.18 Å². The van der Waals surface area contributed by atoms with Crippen LogP contribution in [-0.4, -0.2) is 15.5 Å². The van der Waals surface area contributed by atoms with Gasteiger partial charge in [-0.05, 0) is 31.5 Å². The Hall–Kier alpha value is -2.70. The summed E-state index contributed by atoms with van der Waals surface area (Å²) in [6.45, 7) is 1.61. The van der Waals surface area contributed by atoms with Crippen molar-refractivity contribution in [1.29, 1.82) is 0 Å². The van der Waals surface area contributed by atoms with E-state index in [1.54, 1.807) is 13.0 Å². The van der Waals surface area contributed by atoms with Crippen LogP contribution in [0.25, 0.3) is 0 Å². The highest BCUT2D eigenvalue weighted by Gasteiger charge is 2.11. The minimum Gasteiger partial charge on any atom is -0.326 e. The minimum atomic E-state index is -0.490. The smallest absolute Gasteiger partial charge is 0.326 e. The second kappa shape index (κ2) is 6.38. The van der Waals surface area contributed by atoms with E-state index in [1.165, 1.54) is 25.2 Å². The van der Waals surface area contributed by atoms with Gasteiger partial charge < -0.3 is 10.3 Å². The average molecular weight is 305 g/mol. The van der Waals surface area contributed by atoms with Crippen molar-refractivity contribution in [2.75, 3.05) is 5.32 Å². The summed E-state index contributed by atoms with van der Waals surface area (Å²) in [5, 5.41) is 2.56. The van der Waals surface area contributed by atoms with Gasteiger partial charge in [-0.2, -0.15) is 0 Å². The van der Waals surface area contributed by atoms with Crippen LogP contribution in [0.4, 0.5) is 10.1 Å². The number of nitrogens with one attached hydrogen (secondary N) is 2. The van der Waals surface area contributed by atoms with Crippen LogP contribution < -0.4 is 16.6 Å². The summed E-state index contributed by atoms with van der Waals surface area (Å²) in [5.41, 5.74) is 0.287. The molecular formula is C15H16FN3O3. The van der Waals surface area contributed by atoms with E-state index in [4.69, 9.17) is 0 Å². The first-order chi connectivity index (χ1) is 10.4. The molecule has 6 nitrogen and oxygen atoms in total. The number of halogens is 1. The summed E-state index contributed by atoms with van der Waals surface area (Å²) >= 11 is 0. The van der Waals surface area contributed by atoms with E-state index in [0.29, 0.717) is 16.9 Å². The van der Waals surface area contributed by atoms with E-state index in [9.17, 15) is 18.8 Å². The molecule has 0 aliphatic heterocycles. The molecule has 1 amide bonds. The van der Waals surface area contributed by atoms with Crippen LogP contribution in [0, 0.1) is 12.7 Å². The second-order valence-electron chi connectivity index (χ2n) is 4.96. The first kappa shape index (κ1) is 15.7. The Balaban J connectivity index is 2.08. The third-order valence-corrected chi connectivity index (χ3v) is 3.32. The molecule has 22 heavy (non-hydrogen) atoms. The van der Waals surface area contributed by atoms with Crippen LogP contribution in [0.5, 0.6) is 0 Å². The van der Waals surface area contributed by atoms with Crippen molar-refractivity contribution in [2.24, 2.45) is 7.05 Å². The van der Waals surface area contributed by atoms with E-state index in [2.05, 4.69) is 10.3 Å². The zero-order chi connectivity index (χ0) is 16.3. The van der Waals surface area contributed by atoms with Gasteiger partial charge in [-0.15, -0.1) is 0 Å². The fourth-order valence-corrected chi connectivity index (χ4v) is 2.10. The van der Waals surface area contributed by atoms with Crippen molar-refractivity contribution >= 4 is 11.6 Å². The third kappa shape index (κ3) is 3.49. The molecule has 0 spiro atoms. The fraction of sp³-hybridized carbons (Fsp3) is 0.267. The standard InChI is InChI=1S/C15H16FN3O3/c1-9-12(14(21)19(2)15(22)17-9)6-7-13(20)18-11-5-3-4-10(16)8-11/h3-5,8H,6-7H2,1-2H3,(H,17,22)(H,18,20). The van der Waals surface area contributed by atoms with E-state index in [-0.39, 0.29) is 18.7 Å². The van der Waals surface area contributed by atoms with Gasteiger partial charge in [-0.3, -0.25) is 14.2 Å². The van der Waals surface area contributed by atoms with Crippen LogP contribution in [-0.2, 0) is 18.3 Å². The Morgan fingerprint density at radius 3 is 2.77 bits per heavy atom. The Labute approximate surface area is 125 Å². The lowest BCUT2D eigenvalue weighted by Crippen LogP contribution is -2.36. The van der Waals surface area contributed by atoms with Crippen molar-refractivity contribution in [3.63, 3.8) is 0 Å². The lowest BCUT2D eigenvalue weighted by atomic mass is 10.1. The number of hydrogen-bond donors (Lipinski definition) is 2. The van der Waals surface area contributed by atoms with Gasteiger partial charge in [-0.25, -0.2) is 9.18 Å². The van der Waals surface area contributed by atoms with Crippen LogP contribution in [0.2, 0.25) is 0 Å². The number of aromatic amines is 1. The Kier molecular flexibility index (Phi) is 4.55. The lowest BCUT2D eigenvalue weighted by Gasteiger charge is -2.08. The summed E-state index contributed by atoms with van der Waals surface area (Å²) in [6.07, 6.45) is 0.245. The molecule has 116 valence electrons. The molecule has 0 saturated carbocycles. The molecule has 1 aromatic heterocycles. The zero-order valence-electron chi connectivity index (χ0n) is 12.3. The number of aryl methyl sites for hydroxylation is 1. The van der Waals surface area contributed by atoms with E-state index >= 15 is 0 Å². The summed E-state index contributed by atoms with van der Waals surface area (Å²) in [7, 11) is 1.37. The summed E-state index contributed by atoms with van der Waals surface area (Å²) < 4.78 is 14.0. The highest BCUT2D eigenvalue weighted by atomic mass is 19.1. The van der Waals surface area contributed by atoms with Crippen molar-refractivity contribution in [3.05, 3.63) is 62.2 Å². The SMILES string of the molecule is Cc1[nH]c(=O)n(C)c(=O)c1CCC(=O)Nc1cccc(F)c1. The van der Waals surface area contributed by atoms with Gasteiger partial charge in [0.2, 0.25) is 5.91 Å². The summed E-state index contributed by atoms with van der Waals surface area (Å²) in [6, 6.07) is 5.56. The van der Waals surface area contributed by atoms with Crippen molar-refractivity contribution in [2.45, 2.75) is 19.8 Å². The Morgan fingerprint density at radius 1 is 1.36 bits per heavy atom. The van der Waals surface area contributed by atoms with Crippen LogP contribution in [0.1, 0.15) is 17.7 Å². The molecule has 0 aliphatic carbocycles. The number of carbonyl (C=O) groups is 1. The number of carbonyl (C=O) groups excluding carboxylic acids is 1. The van der Waals surface area contributed by atoms with Crippen LogP contribution in [0.15, 0.2) is 33.9 Å². The highest BCUT2D eigenvalue weighted by Crippen LogP contribution is 2.10. The van der Waals surface area contributed by atoms with Crippen LogP contribution in [0.3, 0.4) is 0 Å². The number of anilines is 1. The molecule has 0 fully saturated rings. The number of hydrogen-bond acceptors (Lipinski definition) is 3. The topological polar surface area (TPSA) is 84.0 Å². The molecule has 2 N–H and O–H groups in total. The van der Waals surface area contributed by atoms with Gasteiger partial charge in [0, 0.05) is 30.4 Å². The molecule has 1 aromatic carbocycles. The van der Waals surface area contributed by atoms with Gasteiger partial charge >= 0.3 is 5.69 Å². The molecule has 1 heterocycles. The van der Waals surface area contributed by atoms with Gasteiger partial charge in [-0.1, -0.05) is 6.07 Å². The lowest BCUT2D eigenvalue weighted by molar-refractivity contribution is -0.116. The summed E-state index contributed by atoms with van der Waals surface area (Å²) in [4.78, 5) is 37.8. The predicted molar refractivity (Wildman–Crippen MR) is 80.4 cm³/mol. The number of aromatic nitrogens is 2. The predicted octanol–water partition coefficient (Wildman–Crippen LogP) is 1.09. The van der Waals surface area contributed by atoms with E-state index < -0.39 is 17.1 Å². The maximum absolute atomic E-state index is 13.0. The largest absolute Gasteiger partial charge is 0.328 e. The molecular weight excluding hydrogens is 289 g/mol. The maximum Gasteiger partial charge on any atom is 0.328 e. The molecule has 0 bridgehead atoms. The zero-order valence-corrected chi connectivity index (χ0v) is 12.3. The third-order valence-electron chi connectivity index (χ3n) is 3.32. The van der Waals surface area contributed by atoms with Crippen molar-refractivity contribution in [3.8, 4) is 0 Å². The molecule has 0 atom stereocenters. The Morgan fingerprint density at radius 2 is 2.09 bits per heavy atom. The summed E-state index contributed by atoms with van der Waals surface area (Å²) in [5.74, 6) is -0.776. The number of nitrogens with zero attached hydrogens (tertiary/aromatic N) is 1. The molecule has 0 saturated heterocycles. The fourth-order valence-electron chi connectivity index (χ4n) is 2.10. The number of H-pyrrole nitrogens is 1. The molecule has 0 aliphatic rings. The van der Waals surface area contributed by atoms with Crippen molar-refractivity contribution in [1.82, 2.24) is 9.55 Å². The number of amides is 1. The van der Waals surface area contributed by atoms with E-state index in [1.807, 2.05) is 0 Å². The Bertz CT molecular complexity index is 824. The van der Waals surface area contributed by atoms with Gasteiger partial charge in [0.25, 0.3) is 5.56 Å². The number of benzene rings is 1. The molecule has 7 heteroatoms. The first-order valence-corrected chi connectivity index (χ1v) is 6.72. The maximum atomic E-state index is 13.0. The monoisotopic (exact) mass is 305 g/mol. The quantitative estimate of drug-likeness (QED) is 0.887. The molecule has 0 radical (unpaired) electrons. The van der Waals surface area contributed by atoms with Crippen LogP contribution >= 0.6 is 0 Å². The molecule has 2 aromatic rings. The number of rotatable bonds is 4. The average Bonchev–Trinajstić information content (AvgIpc) is 2.45. The normalized spacial score (nSPS) is 10.5. The van der Waals surface area contributed by atoms with E-state index in [0.717, 1.165) is 4.57 Å².